The number of ether oxygens (including phenoxy) is 1. The molecule has 4 heteroatoms. The van der Waals surface area contributed by atoms with Gasteiger partial charge in [0.05, 0.1) is 5.56 Å². The maximum atomic E-state index is 13.9. The number of rotatable bonds is 5. The van der Waals surface area contributed by atoms with Gasteiger partial charge in [0, 0.05) is 11.6 Å². The van der Waals surface area contributed by atoms with Gasteiger partial charge in [-0.2, -0.15) is 5.26 Å². The van der Waals surface area contributed by atoms with Crippen molar-refractivity contribution in [1.29, 1.82) is 5.26 Å². The van der Waals surface area contributed by atoms with E-state index in [1.807, 2.05) is 37.4 Å². The van der Waals surface area contributed by atoms with E-state index in [2.05, 4.69) is 12.2 Å². The molecule has 0 heterocycles. The molecular weight excluding hydrogens is 267 g/mol. The zero-order valence-electron chi connectivity index (χ0n) is 12.1. The van der Waals surface area contributed by atoms with Crippen LogP contribution in [0.4, 0.5) is 4.39 Å². The molecule has 2 rings (SSSR count). The average Bonchev–Trinajstić information content (AvgIpc) is 2.53. The van der Waals surface area contributed by atoms with E-state index in [0.717, 1.165) is 5.56 Å². The van der Waals surface area contributed by atoms with Crippen molar-refractivity contribution in [2.75, 3.05) is 7.05 Å². The van der Waals surface area contributed by atoms with Crippen molar-refractivity contribution in [3.8, 4) is 11.8 Å². The zero-order chi connectivity index (χ0) is 15.2. The van der Waals surface area contributed by atoms with Gasteiger partial charge >= 0.3 is 0 Å². The Hall–Kier alpha value is -2.38. The van der Waals surface area contributed by atoms with Crippen molar-refractivity contribution < 1.29 is 9.13 Å². The molecule has 0 aromatic heterocycles. The van der Waals surface area contributed by atoms with Crippen LogP contribution in [0.5, 0.6) is 5.75 Å². The highest BCUT2D eigenvalue weighted by Crippen LogP contribution is 2.21. The van der Waals surface area contributed by atoms with Crippen molar-refractivity contribution in [3.05, 3.63) is 65.0 Å². The minimum Gasteiger partial charge on any atom is -0.489 e. The number of nitriles is 1. The van der Waals surface area contributed by atoms with E-state index in [-0.39, 0.29) is 18.2 Å². The normalized spacial score (nSPS) is 11.7. The van der Waals surface area contributed by atoms with Gasteiger partial charge in [-0.15, -0.1) is 0 Å². The van der Waals surface area contributed by atoms with E-state index in [4.69, 9.17) is 10.00 Å². The van der Waals surface area contributed by atoms with E-state index in [1.54, 1.807) is 12.1 Å². The first-order chi connectivity index (χ1) is 10.2. The fourth-order valence-electron chi connectivity index (χ4n) is 1.98. The average molecular weight is 284 g/mol. The van der Waals surface area contributed by atoms with Gasteiger partial charge in [-0.1, -0.05) is 24.3 Å². The first-order valence-electron chi connectivity index (χ1n) is 6.73. The quantitative estimate of drug-likeness (QED) is 0.913. The van der Waals surface area contributed by atoms with E-state index in [9.17, 15) is 4.39 Å². The Morgan fingerprint density at radius 3 is 2.76 bits per heavy atom. The molecule has 1 unspecified atom stereocenters. The molecule has 1 N–H and O–H groups in total. The Kier molecular flexibility index (Phi) is 4.91. The van der Waals surface area contributed by atoms with Crippen LogP contribution in [0.1, 0.15) is 29.7 Å². The third kappa shape index (κ3) is 3.59. The fraction of sp³-hybridized carbons (Fsp3) is 0.235. The molecule has 21 heavy (non-hydrogen) atoms. The van der Waals surface area contributed by atoms with Gasteiger partial charge < -0.3 is 10.1 Å². The molecule has 0 bridgehead atoms. The molecule has 0 radical (unpaired) electrons. The van der Waals surface area contributed by atoms with Gasteiger partial charge in [0.15, 0.2) is 0 Å². The summed E-state index contributed by atoms with van der Waals surface area (Å²) >= 11 is 0. The van der Waals surface area contributed by atoms with E-state index >= 15 is 0 Å². The molecule has 0 aliphatic heterocycles. The Balaban J connectivity index is 2.12. The minimum absolute atomic E-state index is 0.0358. The molecule has 1 atom stereocenters. The minimum atomic E-state index is -0.514. The largest absolute Gasteiger partial charge is 0.489 e. The van der Waals surface area contributed by atoms with Crippen LogP contribution in [0.15, 0.2) is 42.5 Å². The van der Waals surface area contributed by atoms with E-state index < -0.39 is 5.82 Å². The number of benzene rings is 2. The Bertz CT molecular complexity index is 664. The van der Waals surface area contributed by atoms with Crippen LogP contribution in [0.25, 0.3) is 0 Å². The highest BCUT2D eigenvalue weighted by Gasteiger charge is 2.09. The SMILES string of the molecule is CNC(C)c1cccc(OCc2cccc(C#N)c2F)c1. The van der Waals surface area contributed by atoms with Crippen LogP contribution in [0.3, 0.4) is 0 Å². The summed E-state index contributed by atoms with van der Waals surface area (Å²) in [7, 11) is 1.89. The molecule has 0 amide bonds. The molecule has 0 aliphatic rings. The number of halogens is 1. The molecule has 0 spiro atoms. The van der Waals surface area contributed by atoms with Crippen LogP contribution in [0, 0.1) is 17.1 Å². The monoisotopic (exact) mass is 284 g/mol. The lowest BCUT2D eigenvalue weighted by atomic mass is 10.1. The van der Waals surface area contributed by atoms with E-state index in [0.29, 0.717) is 11.3 Å². The molecule has 3 nitrogen and oxygen atoms in total. The molecule has 108 valence electrons. The first-order valence-corrected chi connectivity index (χ1v) is 6.73. The van der Waals surface area contributed by atoms with Gasteiger partial charge in [-0.25, -0.2) is 4.39 Å². The van der Waals surface area contributed by atoms with Crippen molar-refractivity contribution in [3.63, 3.8) is 0 Å². The summed E-state index contributed by atoms with van der Waals surface area (Å²) in [6.07, 6.45) is 0. The number of hydrogen-bond donors (Lipinski definition) is 1. The van der Waals surface area contributed by atoms with Crippen molar-refractivity contribution in [2.45, 2.75) is 19.6 Å². The van der Waals surface area contributed by atoms with Gasteiger partial charge in [-0.05, 0) is 37.7 Å². The summed E-state index contributed by atoms with van der Waals surface area (Å²) in [4.78, 5) is 0. The number of hydrogen-bond acceptors (Lipinski definition) is 3. The second-order valence-corrected chi connectivity index (χ2v) is 4.76. The summed E-state index contributed by atoms with van der Waals surface area (Å²) in [5, 5.41) is 12.0. The smallest absolute Gasteiger partial charge is 0.147 e. The third-order valence-electron chi connectivity index (χ3n) is 3.38. The van der Waals surface area contributed by atoms with Gasteiger partial charge in [0.25, 0.3) is 0 Å². The summed E-state index contributed by atoms with van der Waals surface area (Å²) in [6, 6.07) is 14.4. The predicted molar refractivity (Wildman–Crippen MR) is 79.4 cm³/mol. The first kappa shape index (κ1) is 15.0. The molecule has 0 saturated carbocycles. The molecule has 2 aromatic rings. The van der Waals surface area contributed by atoms with Crippen molar-refractivity contribution in [2.24, 2.45) is 0 Å². The lowest BCUT2D eigenvalue weighted by Crippen LogP contribution is -2.12. The zero-order valence-corrected chi connectivity index (χ0v) is 12.1. The number of nitrogens with one attached hydrogen (secondary N) is 1. The Morgan fingerprint density at radius 2 is 2.05 bits per heavy atom. The molecule has 0 saturated heterocycles. The third-order valence-corrected chi connectivity index (χ3v) is 3.38. The molecule has 0 fully saturated rings. The van der Waals surface area contributed by atoms with Gasteiger partial charge in [0.1, 0.15) is 24.2 Å². The Morgan fingerprint density at radius 1 is 1.29 bits per heavy atom. The number of nitrogens with zero attached hydrogens (tertiary/aromatic N) is 1. The Labute approximate surface area is 124 Å². The second kappa shape index (κ2) is 6.87. The molecule has 2 aromatic carbocycles. The fourth-order valence-corrected chi connectivity index (χ4v) is 1.98. The lowest BCUT2D eigenvalue weighted by molar-refractivity contribution is 0.299. The maximum absolute atomic E-state index is 13.9. The van der Waals surface area contributed by atoms with Crippen molar-refractivity contribution >= 4 is 0 Å². The highest BCUT2D eigenvalue weighted by molar-refractivity contribution is 5.35. The van der Waals surface area contributed by atoms with Gasteiger partial charge in [-0.3, -0.25) is 0 Å². The predicted octanol–water partition coefficient (Wildman–Crippen LogP) is 3.56. The summed E-state index contributed by atoms with van der Waals surface area (Å²) < 4.78 is 19.6. The highest BCUT2D eigenvalue weighted by atomic mass is 19.1. The topological polar surface area (TPSA) is 45.0 Å². The standard InChI is InChI=1S/C17H17FN2O/c1-12(20-2)13-5-4-8-16(9-13)21-11-15-7-3-6-14(10-19)17(15)18/h3-9,12,20H,11H2,1-2H3. The molecular formula is C17H17FN2O. The summed E-state index contributed by atoms with van der Waals surface area (Å²) in [6.45, 7) is 2.15. The van der Waals surface area contributed by atoms with Crippen LogP contribution < -0.4 is 10.1 Å². The van der Waals surface area contributed by atoms with Crippen LogP contribution >= 0.6 is 0 Å². The maximum Gasteiger partial charge on any atom is 0.147 e. The summed E-state index contributed by atoms with van der Waals surface area (Å²) in [5.74, 6) is 0.163. The molecule has 0 aliphatic carbocycles. The van der Waals surface area contributed by atoms with Crippen LogP contribution in [-0.2, 0) is 6.61 Å². The van der Waals surface area contributed by atoms with Crippen LogP contribution in [0.2, 0.25) is 0 Å². The summed E-state index contributed by atoms with van der Waals surface area (Å²) in [5.41, 5.74) is 1.51. The van der Waals surface area contributed by atoms with E-state index in [1.165, 1.54) is 6.07 Å². The van der Waals surface area contributed by atoms with Crippen molar-refractivity contribution in [1.82, 2.24) is 5.32 Å². The second-order valence-electron chi connectivity index (χ2n) is 4.76. The lowest BCUT2D eigenvalue weighted by Gasteiger charge is -2.13. The van der Waals surface area contributed by atoms with Crippen LogP contribution in [-0.4, -0.2) is 7.05 Å². The van der Waals surface area contributed by atoms with Gasteiger partial charge in [0.2, 0.25) is 0 Å².